The van der Waals surface area contributed by atoms with Gasteiger partial charge in [-0.15, -0.1) is 0 Å². The zero-order valence-electron chi connectivity index (χ0n) is 8.56. The molecule has 0 aromatic carbocycles. The van der Waals surface area contributed by atoms with E-state index in [4.69, 9.17) is 5.73 Å². The summed E-state index contributed by atoms with van der Waals surface area (Å²) < 4.78 is 11.2. The SMILES string of the molecule is NCc1cc(N2CCS(=O)CC2)ccn1. The number of rotatable bonds is 2. The van der Waals surface area contributed by atoms with Crippen molar-refractivity contribution in [3.8, 4) is 0 Å². The number of hydrogen-bond donors (Lipinski definition) is 1. The molecule has 1 aliphatic heterocycles. The minimum atomic E-state index is -0.624. The van der Waals surface area contributed by atoms with E-state index in [1.54, 1.807) is 6.20 Å². The van der Waals surface area contributed by atoms with E-state index in [9.17, 15) is 4.21 Å². The molecule has 0 amide bonds. The van der Waals surface area contributed by atoms with E-state index in [1.165, 1.54) is 0 Å². The van der Waals surface area contributed by atoms with Gasteiger partial charge in [-0.1, -0.05) is 0 Å². The molecule has 1 saturated heterocycles. The number of hydrogen-bond acceptors (Lipinski definition) is 4. The van der Waals surface area contributed by atoms with Gasteiger partial charge in [0.15, 0.2) is 0 Å². The van der Waals surface area contributed by atoms with Gasteiger partial charge in [-0.05, 0) is 12.1 Å². The number of nitrogens with zero attached hydrogens (tertiary/aromatic N) is 2. The maximum atomic E-state index is 11.2. The van der Waals surface area contributed by atoms with Crippen molar-refractivity contribution in [3.05, 3.63) is 24.0 Å². The summed E-state index contributed by atoms with van der Waals surface area (Å²) in [5.41, 5.74) is 7.58. The molecule has 1 aliphatic rings. The molecule has 1 aromatic rings. The molecule has 0 spiro atoms. The topological polar surface area (TPSA) is 59.2 Å². The number of aromatic nitrogens is 1. The van der Waals surface area contributed by atoms with Crippen molar-refractivity contribution in [3.63, 3.8) is 0 Å². The van der Waals surface area contributed by atoms with Crippen LogP contribution in [-0.2, 0) is 17.3 Å². The normalized spacial score (nSPS) is 18.1. The largest absolute Gasteiger partial charge is 0.370 e. The highest BCUT2D eigenvalue weighted by Crippen LogP contribution is 2.16. The summed E-state index contributed by atoms with van der Waals surface area (Å²) in [4.78, 5) is 6.39. The van der Waals surface area contributed by atoms with Gasteiger partial charge in [0.1, 0.15) is 0 Å². The summed E-state index contributed by atoms with van der Waals surface area (Å²) in [5, 5.41) is 0. The van der Waals surface area contributed by atoms with Crippen molar-refractivity contribution in [2.24, 2.45) is 5.73 Å². The van der Waals surface area contributed by atoms with Gasteiger partial charge in [-0.2, -0.15) is 0 Å². The predicted octanol–water partition coefficient (Wildman–Crippen LogP) is 0.109. The van der Waals surface area contributed by atoms with Crippen LogP contribution in [0.3, 0.4) is 0 Å². The molecule has 82 valence electrons. The van der Waals surface area contributed by atoms with E-state index in [2.05, 4.69) is 9.88 Å². The molecule has 4 nitrogen and oxygen atoms in total. The fraction of sp³-hybridized carbons (Fsp3) is 0.500. The second kappa shape index (κ2) is 4.72. The van der Waals surface area contributed by atoms with Crippen LogP contribution in [-0.4, -0.2) is 33.8 Å². The van der Waals surface area contributed by atoms with Crippen molar-refractivity contribution in [1.29, 1.82) is 0 Å². The number of nitrogens with two attached hydrogens (primary N) is 1. The molecule has 0 saturated carbocycles. The quantitative estimate of drug-likeness (QED) is 0.776. The Morgan fingerprint density at radius 2 is 2.20 bits per heavy atom. The summed E-state index contributed by atoms with van der Waals surface area (Å²) >= 11 is 0. The minimum absolute atomic E-state index is 0.466. The van der Waals surface area contributed by atoms with Crippen LogP contribution in [0.2, 0.25) is 0 Å². The Bertz CT molecular complexity index is 359. The van der Waals surface area contributed by atoms with E-state index in [1.807, 2.05) is 12.1 Å². The highest BCUT2D eigenvalue weighted by atomic mass is 32.2. The van der Waals surface area contributed by atoms with Crippen molar-refractivity contribution in [2.45, 2.75) is 6.54 Å². The summed E-state index contributed by atoms with van der Waals surface area (Å²) in [5.74, 6) is 1.53. The zero-order valence-corrected chi connectivity index (χ0v) is 9.37. The van der Waals surface area contributed by atoms with Crippen LogP contribution in [0.5, 0.6) is 0 Å². The lowest BCUT2D eigenvalue weighted by molar-refractivity contribution is 0.673. The maximum absolute atomic E-state index is 11.2. The second-order valence-electron chi connectivity index (χ2n) is 3.54. The second-order valence-corrected chi connectivity index (χ2v) is 5.24. The third-order valence-corrected chi connectivity index (χ3v) is 3.83. The Morgan fingerprint density at radius 3 is 2.87 bits per heavy atom. The van der Waals surface area contributed by atoms with Gasteiger partial charge in [0.2, 0.25) is 0 Å². The average molecular weight is 225 g/mol. The van der Waals surface area contributed by atoms with Crippen LogP contribution in [0.15, 0.2) is 18.3 Å². The highest BCUT2D eigenvalue weighted by molar-refractivity contribution is 7.85. The van der Waals surface area contributed by atoms with E-state index in [0.29, 0.717) is 6.54 Å². The first-order valence-electron chi connectivity index (χ1n) is 5.04. The molecule has 2 rings (SSSR count). The van der Waals surface area contributed by atoms with Gasteiger partial charge in [0.25, 0.3) is 0 Å². The van der Waals surface area contributed by atoms with Gasteiger partial charge >= 0.3 is 0 Å². The van der Waals surface area contributed by atoms with Crippen molar-refractivity contribution in [2.75, 3.05) is 29.5 Å². The smallest absolute Gasteiger partial charge is 0.0560 e. The summed E-state index contributed by atoms with van der Waals surface area (Å²) in [7, 11) is -0.624. The maximum Gasteiger partial charge on any atom is 0.0560 e. The van der Waals surface area contributed by atoms with E-state index in [-0.39, 0.29) is 0 Å². The van der Waals surface area contributed by atoms with Gasteiger partial charge in [0.05, 0.1) is 5.69 Å². The van der Waals surface area contributed by atoms with Gasteiger partial charge in [0, 0.05) is 53.8 Å². The molecule has 0 radical (unpaired) electrons. The van der Waals surface area contributed by atoms with Crippen LogP contribution in [0.4, 0.5) is 5.69 Å². The molecule has 2 heterocycles. The van der Waals surface area contributed by atoms with Gasteiger partial charge in [-0.25, -0.2) is 0 Å². The standard InChI is InChI=1S/C10H15N3OS/c11-8-9-7-10(1-2-12-9)13-3-5-15(14)6-4-13/h1-2,7H,3-6,8,11H2. The monoisotopic (exact) mass is 225 g/mol. The third-order valence-electron chi connectivity index (χ3n) is 2.55. The molecule has 1 fully saturated rings. The lowest BCUT2D eigenvalue weighted by Gasteiger charge is -2.28. The Hall–Kier alpha value is -0.940. The molecule has 0 bridgehead atoms. The summed E-state index contributed by atoms with van der Waals surface area (Å²) in [6.45, 7) is 2.19. The average Bonchev–Trinajstić information content (AvgIpc) is 2.30. The zero-order chi connectivity index (χ0) is 10.7. The van der Waals surface area contributed by atoms with Crippen LogP contribution in [0, 0.1) is 0 Å². The fourth-order valence-corrected chi connectivity index (χ4v) is 2.72. The van der Waals surface area contributed by atoms with Crippen molar-refractivity contribution >= 4 is 16.5 Å². The molecule has 5 heteroatoms. The Balaban J connectivity index is 2.11. The van der Waals surface area contributed by atoms with Crippen molar-refractivity contribution in [1.82, 2.24) is 4.98 Å². The highest BCUT2D eigenvalue weighted by Gasteiger charge is 2.15. The van der Waals surface area contributed by atoms with E-state index in [0.717, 1.165) is 36.0 Å². The molecule has 1 aromatic heterocycles. The Labute approximate surface area is 91.9 Å². The van der Waals surface area contributed by atoms with Gasteiger partial charge < -0.3 is 10.6 Å². The lowest BCUT2D eigenvalue weighted by atomic mass is 10.3. The summed E-state index contributed by atoms with van der Waals surface area (Å²) in [6, 6.07) is 3.99. The molecular formula is C10H15N3OS. The van der Waals surface area contributed by atoms with Crippen LogP contribution in [0.25, 0.3) is 0 Å². The fourth-order valence-electron chi connectivity index (χ4n) is 1.67. The lowest BCUT2D eigenvalue weighted by Crippen LogP contribution is -2.37. The molecule has 2 N–H and O–H groups in total. The Morgan fingerprint density at radius 1 is 1.47 bits per heavy atom. The Kier molecular flexibility index (Phi) is 3.33. The first kappa shape index (κ1) is 10.6. The molecule has 0 aliphatic carbocycles. The third kappa shape index (κ3) is 2.54. The van der Waals surface area contributed by atoms with Gasteiger partial charge in [-0.3, -0.25) is 9.19 Å². The van der Waals surface area contributed by atoms with Crippen molar-refractivity contribution < 1.29 is 4.21 Å². The van der Waals surface area contributed by atoms with E-state index < -0.39 is 10.8 Å². The minimum Gasteiger partial charge on any atom is -0.370 e. The molecule has 15 heavy (non-hydrogen) atoms. The first-order valence-corrected chi connectivity index (χ1v) is 6.53. The first-order chi connectivity index (χ1) is 7.29. The van der Waals surface area contributed by atoms with E-state index >= 15 is 0 Å². The molecular weight excluding hydrogens is 210 g/mol. The summed E-state index contributed by atoms with van der Waals surface area (Å²) in [6.07, 6.45) is 1.78. The predicted molar refractivity (Wildman–Crippen MR) is 62.2 cm³/mol. The van der Waals surface area contributed by atoms with Crippen LogP contribution >= 0.6 is 0 Å². The van der Waals surface area contributed by atoms with Crippen LogP contribution in [0.1, 0.15) is 5.69 Å². The number of anilines is 1. The molecule has 0 atom stereocenters. The number of pyridine rings is 1. The molecule has 0 unspecified atom stereocenters. The van der Waals surface area contributed by atoms with Crippen LogP contribution < -0.4 is 10.6 Å².